The first-order valence-corrected chi connectivity index (χ1v) is 14.4. The van der Waals surface area contributed by atoms with Gasteiger partial charge in [-0.15, -0.1) is 0 Å². The summed E-state index contributed by atoms with van der Waals surface area (Å²) in [4.78, 5) is 29.0. The second-order valence-electron chi connectivity index (χ2n) is 8.53. The Bertz CT molecular complexity index is 1390. The second-order valence-corrected chi connectivity index (χ2v) is 11.2. The van der Waals surface area contributed by atoms with Crippen molar-refractivity contribution in [2.24, 2.45) is 7.05 Å². The SMILES string of the molecule is COc1cccc(N2CCN(C(=O)[C@@H](CCSC)NS(=O)(=O)c3ccc4c(c3)oc(=O)n4C)CC2)c1. The van der Waals surface area contributed by atoms with Crippen LogP contribution in [0, 0.1) is 0 Å². The van der Waals surface area contributed by atoms with E-state index >= 15 is 0 Å². The minimum Gasteiger partial charge on any atom is -0.497 e. The van der Waals surface area contributed by atoms with E-state index in [1.54, 1.807) is 30.8 Å². The van der Waals surface area contributed by atoms with Gasteiger partial charge in [0.15, 0.2) is 5.58 Å². The number of carbonyl (C=O) groups excluding carboxylic acids is 1. The summed E-state index contributed by atoms with van der Waals surface area (Å²) in [7, 11) is -0.861. The molecule has 1 aliphatic heterocycles. The third kappa shape index (κ3) is 5.55. The van der Waals surface area contributed by atoms with Gasteiger partial charge in [-0.25, -0.2) is 13.2 Å². The molecule has 2 heterocycles. The van der Waals surface area contributed by atoms with Crippen molar-refractivity contribution in [2.75, 3.05) is 50.2 Å². The van der Waals surface area contributed by atoms with Crippen LogP contribution in [-0.2, 0) is 21.9 Å². The van der Waals surface area contributed by atoms with Gasteiger partial charge in [-0.05, 0) is 42.7 Å². The minimum atomic E-state index is -4.03. The van der Waals surface area contributed by atoms with Gasteiger partial charge in [0, 0.05) is 51.0 Å². The number of amides is 1. The highest BCUT2D eigenvalue weighted by Gasteiger charge is 2.31. The lowest BCUT2D eigenvalue weighted by Gasteiger charge is -2.37. The number of thioether (sulfide) groups is 1. The summed E-state index contributed by atoms with van der Waals surface area (Å²) in [5.41, 5.74) is 1.68. The van der Waals surface area contributed by atoms with Gasteiger partial charge in [-0.2, -0.15) is 16.5 Å². The molecule has 10 nitrogen and oxygen atoms in total. The zero-order valence-corrected chi connectivity index (χ0v) is 22.1. The zero-order chi connectivity index (χ0) is 25.9. The van der Waals surface area contributed by atoms with Gasteiger partial charge < -0.3 is 19.0 Å². The van der Waals surface area contributed by atoms with Crippen molar-refractivity contribution in [3.8, 4) is 5.75 Å². The van der Waals surface area contributed by atoms with Gasteiger partial charge in [0.05, 0.1) is 17.5 Å². The van der Waals surface area contributed by atoms with Crippen LogP contribution in [0.3, 0.4) is 0 Å². The molecule has 1 amide bonds. The van der Waals surface area contributed by atoms with Crippen LogP contribution in [0.4, 0.5) is 5.69 Å². The number of sulfonamides is 1. The maximum atomic E-state index is 13.4. The van der Waals surface area contributed by atoms with Gasteiger partial charge in [0.25, 0.3) is 0 Å². The van der Waals surface area contributed by atoms with Crippen LogP contribution in [-0.4, -0.2) is 75.1 Å². The molecular weight excluding hydrogens is 504 g/mol. The Morgan fingerprint density at radius 3 is 2.61 bits per heavy atom. The molecule has 12 heteroatoms. The fourth-order valence-corrected chi connectivity index (χ4v) is 5.93. The number of carbonyl (C=O) groups is 1. The number of ether oxygens (including phenoxy) is 1. The molecule has 0 radical (unpaired) electrons. The third-order valence-electron chi connectivity index (χ3n) is 6.29. The Kier molecular flexibility index (Phi) is 7.96. The van der Waals surface area contributed by atoms with Crippen molar-refractivity contribution >= 4 is 44.5 Å². The van der Waals surface area contributed by atoms with Gasteiger partial charge >= 0.3 is 5.76 Å². The van der Waals surface area contributed by atoms with E-state index in [-0.39, 0.29) is 16.4 Å². The number of nitrogens with zero attached hydrogens (tertiary/aromatic N) is 3. The molecule has 1 saturated heterocycles. The van der Waals surface area contributed by atoms with Crippen molar-refractivity contribution in [3.05, 3.63) is 53.0 Å². The lowest BCUT2D eigenvalue weighted by molar-refractivity contribution is -0.133. The monoisotopic (exact) mass is 534 g/mol. The van der Waals surface area contributed by atoms with Crippen molar-refractivity contribution in [1.29, 1.82) is 0 Å². The summed E-state index contributed by atoms with van der Waals surface area (Å²) in [6.45, 7) is 2.22. The maximum Gasteiger partial charge on any atom is 0.419 e. The number of rotatable bonds is 9. The van der Waals surface area contributed by atoms with E-state index < -0.39 is 21.8 Å². The summed E-state index contributed by atoms with van der Waals surface area (Å²) in [5.74, 6) is 0.569. The molecule has 3 aromatic rings. The molecule has 0 bridgehead atoms. The standard InChI is InChI=1S/C24H30N4O6S2/c1-26-21-8-7-19(16-22(21)34-24(26)30)36(31,32)25-20(9-14-35-3)23(29)28-12-10-27(11-13-28)17-5-4-6-18(15-17)33-2/h4-8,15-16,20,25H,9-14H2,1-3H3/t20-/m1/s1. The molecule has 1 N–H and O–H groups in total. The summed E-state index contributed by atoms with van der Waals surface area (Å²) < 4.78 is 40.7. The first-order valence-electron chi connectivity index (χ1n) is 11.5. The fraction of sp³-hybridized carbons (Fsp3) is 0.417. The van der Waals surface area contributed by atoms with E-state index in [2.05, 4.69) is 9.62 Å². The highest BCUT2D eigenvalue weighted by molar-refractivity contribution is 7.98. The van der Waals surface area contributed by atoms with Crippen LogP contribution in [0.5, 0.6) is 5.75 Å². The van der Waals surface area contributed by atoms with Crippen molar-refractivity contribution in [1.82, 2.24) is 14.2 Å². The van der Waals surface area contributed by atoms with Crippen LogP contribution >= 0.6 is 11.8 Å². The van der Waals surface area contributed by atoms with Crippen molar-refractivity contribution in [3.63, 3.8) is 0 Å². The van der Waals surface area contributed by atoms with Crippen molar-refractivity contribution in [2.45, 2.75) is 17.4 Å². The Labute approximate surface area is 214 Å². The molecule has 1 fully saturated rings. The molecule has 0 spiro atoms. The van der Waals surface area contributed by atoms with Gasteiger partial charge in [0.2, 0.25) is 15.9 Å². The molecule has 0 saturated carbocycles. The van der Waals surface area contributed by atoms with Gasteiger partial charge in [-0.3, -0.25) is 9.36 Å². The first kappa shape index (κ1) is 26.1. The number of benzene rings is 2. The number of aromatic nitrogens is 1. The Balaban J connectivity index is 1.47. The third-order valence-corrected chi connectivity index (χ3v) is 8.40. The number of fused-ring (bicyclic) bond motifs is 1. The second kappa shape index (κ2) is 11.0. The van der Waals surface area contributed by atoms with Crippen LogP contribution < -0.4 is 20.1 Å². The van der Waals surface area contributed by atoms with E-state index in [0.29, 0.717) is 43.9 Å². The van der Waals surface area contributed by atoms with E-state index in [0.717, 1.165) is 11.4 Å². The smallest absolute Gasteiger partial charge is 0.419 e. The molecule has 1 aliphatic rings. The molecule has 2 aromatic carbocycles. The van der Waals surface area contributed by atoms with Crippen LogP contribution in [0.15, 0.2) is 56.6 Å². The quantitative estimate of drug-likeness (QED) is 0.443. The Hall–Kier alpha value is -2.96. The number of piperazine rings is 1. The molecule has 0 unspecified atom stereocenters. The van der Waals surface area contributed by atoms with E-state index in [4.69, 9.17) is 9.15 Å². The average molecular weight is 535 g/mol. The summed E-state index contributed by atoms with van der Waals surface area (Å²) in [6, 6.07) is 11.1. The molecule has 36 heavy (non-hydrogen) atoms. The molecule has 194 valence electrons. The average Bonchev–Trinajstić information content (AvgIpc) is 3.18. The predicted molar refractivity (Wildman–Crippen MR) is 140 cm³/mol. The highest BCUT2D eigenvalue weighted by atomic mass is 32.2. The minimum absolute atomic E-state index is 0.0610. The molecule has 4 rings (SSSR count). The number of hydrogen-bond acceptors (Lipinski definition) is 8. The van der Waals surface area contributed by atoms with E-state index in [9.17, 15) is 18.0 Å². The number of methoxy groups -OCH3 is 1. The van der Waals surface area contributed by atoms with Gasteiger partial charge in [0.1, 0.15) is 11.8 Å². The highest BCUT2D eigenvalue weighted by Crippen LogP contribution is 2.23. The number of nitrogens with one attached hydrogen (secondary N) is 1. The van der Waals surface area contributed by atoms with E-state index in [1.165, 1.54) is 22.8 Å². The first-order chi connectivity index (χ1) is 17.2. The van der Waals surface area contributed by atoms with Crippen LogP contribution in [0.2, 0.25) is 0 Å². The maximum absolute atomic E-state index is 13.4. The normalized spacial score (nSPS) is 15.3. The fourth-order valence-electron chi connectivity index (χ4n) is 4.22. The topological polar surface area (TPSA) is 114 Å². The lowest BCUT2D eigenvalue weighted by Crippen LogP contribution is -2.55. The number of aryl methyl sites for hydroxylation is 1. The van der Waals surface area contributed by atoms with E-state index in [1.807, 2.05) is 30.5 Å². The van der Waals surface area contributed by atoms with Crippen LogP contribution in [0.1, 0.15) is 6.42 Å². The Morgan fingerprint density at radius 2 is 1.92 bits per heavy atom. The molecule has 0 aliphatic carbocycles. The summed E-state index contributed by atoms with van der Waals surface area (Å²) in [6.07, 6.45) is 2.27. The van der Waals surface area contributed by atoms with Crippen molar-refractivity contribution < 1.29 is 22.4 Å². The Morgan fingerprint density at radius 1 is 1.17 bits per heavy atom. The van der Waals surface area contributed by atoms with Gasteiger partial charge in [-0.1, -0.05) is 6.07 Å². The number of oxazole rings is 1. The molecule has 1 atom stereocenters. The predicted octanol–water partition coefficient (Wildman–Crippen LogP) is 1.89. The summed E-state index contributed by atoms with van der Waals surface area (Å²) in [5, 5.41) is 0. The zero-order valence-electron chi connectivity index (χ0n) is 20.5. The summed E-state index contributed by atoms with van der Waals surface area (Å²) >= 11 is 1.55. The lowest BCUT2D eigenvalue weighted by atomic mass is 10.2. The van der Waals surface area contributed by atoms with Crippen LogP contribution in [0.25, 0.3) is 11.1 Å². The molecular formula is C24H30N4O6S2. The largest absolute Gasteiger partial charge is 0.497 e. The molecule has 1 aromatic heterocycles. The number of anilines is 1. The number of hydrogen-bond donors (Lipinski definition) is 1.